The van der Waals surface area contributed by atoms with Gasteiger partial charge in [-0.2, -0.15) is 0 Å². The van der Waals surface area contributed by atoms with Crippen LogP contribution in [0.5, 0.6) is 5.75 Å². The molecule has 1 aliphatic rings. The van der Waals surface area contributed by atoms with Crippen LogP contribution in [0.25, 0.3) is 0 Å². The van der Waals surface area contributed by atoms with Crippen molar-refractivity contribution in [3.05, 3.63) is 58.1 Å². The van der Waals surface area contributed by atoms with Crippen LogP contribution in [-0.4, -0.2) is 26.2 Å². The third-order valence-electron chi connectivity index (χ3n) is 4.52. The third-order valence-corrected chi connectivity index (χ3v) is 4.75. The first-order valence-corrected chi connectivity index (χ1v) is 9.06. The van der Waals surface area contributed by atoms with Gasteiger partial charge in [-0.1, -0.05) is 17.7 Å². The van der Waals surface area contributed by atoms with Gasteiger partial charge in [-0.3, -0.25) is 4.79 Å². The Labute approximate surface area is 170 Å². The molecule has 0 heterocycles. The molecule has 27 heavy (non-hydrogen) atoms. The van der Waals surface area contributed by atoms with E-state index in [4.69, 9.17) is 26.8 Å². The molecule has 0 saturated heterocycles. The zero-order chi connectivity index (χ0) is 18.5. The zero-order valence-electron chi connectivity index (χ0n) is 15.2. The second-order valence-electron chi connectivity index (χ2n) is 6.36. The van der Waals surface area contributed by atoms with Crippen LogP contribution in [0.2, 0.25) is 5.02 Å². The molecule has 146 valence electrons. The van der Waals surface area contributed by atoms with E-state index in [-0.39, 0.29) is 24.4 Å². The number of fused-ring (bicyclic) bond motifs is 1. The van der Waals surface area contributed by atoms with Crippen molar-refractivity contribution in [2.75, 3.05) is 26.1 Å². The molecule has 0 aliphatic heterocycles. The van der Waals surface area contributed by atoms with Gasteiger partial charge in [0.25, 0.3) is 5.91 Å². The number of ether oxygens (including phenoxy) is 2. The lowest BCUT2D eigenvalue weighted by atomic mass is 9.87. The average molecular weight is 411 g/mol. The van der Waals surface area contributed by atoms with Crippen LogP contribution >= 0.6 is 24.0 Å². The Morgan fingerprint density at radius 3 is 2.85 bits per heavy atom. The smallest absolute Gasteiger partial charge is 0.255 e. The summed E-state index contributed by atoms with van der Waals surface area (Å²) in [6.45, 7) is 0.811. The van der Waals surface area contributed by atoms with Gasteiger partial charge in [0, 0.05) is 17.8 Å². The molecule has 3 N–H and O–H groups in total. The van der Waals surface area contributed by atoms with E-state index in [0.717, 1.165) is 30.5 Å². The molecule has 0 radical (unpaired) electrons. The van der Waals surface area contributed by atoms with Crippen molar-refractivity contribution < 1.29 is 14.3 Å². The van der Waals surface area contributed by atoms with E-state index in [1.54, 1.807) is 25.3 Å². The summed E-state index contributed by atoms with van der Waals surface area (Å²) in [6.07, 6.45) is 2.88. The highest BCUT2D eigenvalue weighted by atomic mass is 35.5. The number of anilines is 1. The van der Waals surface area contributed by atoms with Crippen molar-refractivity contribution in [2.24, 2.45) is 0 Å². The number of amides is 1. The van der Waals surface area contributed by atoms with Gasteiger partial charge in [-0.25, -0.2) is 0 Å². The monoisotopic (exact) mass is 410 g/mol. The number of aryl methyl sites for hydroxylation is 1. The standard InChI is InChI=1S/C20H23ClN2O3.ClH/c1-25-9-10-26-19-8-5-14(21)12-17(19)20(24)23-18-4-2-3-13-11-15(22)6-7-16(13)18;/h5-8,11-12,18H,2-4,9-10,22H2,1H3,(H,23,24);1H. The topological polar surface area (TPSA) is 73.6 Å². The highest BCUT2D eigenvalue weighted by molar-refractivity contribution is 6.31. The maximum absolute atomic E-state index is 12.9. The number of halogens is 2. The van der Waals surface area contributed by atoms with E-state index in [0.29, 0.717) is 29.5 Å². The number of hydrogen-bond donors (Lipinski definition) is 2. The largest absolute Gasteiger partial charge is 0.490 e. The van der Waals surface area contributed by atoms with E-state index in [2.05, 4.69) is 5.32 Å². The molecule has 0 bridgehead atoms. The van der Waals surface area contributed by atoms with Crippen molar-refractivity contribution in [1.82, 2.24) is 5.32 Å². The number of nitrogens with two attached hydrogens (primary N) is 1. The number of benzene rings is 2. The van der Waals surface area contributed by atoms with Crippen LogP contribution in [0.4, 0.5) is 5.69 Å². The molecule has 0 fully saturated rings. The highest BCUT2D eigenvalue weighted by Gasteiger charge is 2.24. The maximum atomic E-state index is 12.9. The number of nitrogens with one attached hydrogen (secondary N) is 1. The van der Waals surface area contributed by atoms with Crippen LogP contribution in [0.3, 0.4) is 0 Å². The molecule has 1 atom stereocenters. The number of rotatable bonds is 6. The summed E-state index contributed by atoms with van der Waals surface area (Å²) in [6, 6.07) is 10.9. The Hall–Kier alpha value is -1.95. The molecule has 1 amide bonds. The van der Waals surface area contributed by atoms with Crippen LogP contribution in [0, 0.1) is 0 Å². The van der Waals surface area contributed by atoms with E-state index in [1.807, 2.05) is 18.2 Å². The lowest BCUT2D eigenvalue weighted by Gasteiger charge is -2.27. The molecule has 0 spiro atoms. The third kappa shape index (κ3) is 5.28. The zero-order valence-corrected chi connectivity index (χ0v) is 16.7. The Morgan fingerprint density at radius 2 is 2.07 bits per heavy atom. The molecule has 0 aromatic heterocycles. The fourth-order valence-electron chi connectivity index (χ4n) is 3.26. The van der Waals surface area contributed by atoms with Crippen LogP contribution < -0.4 is 15.8 Å². The number of hydrogen-bond acceptors (Lipinski definition) is 4. The molecule has 1 aliphatic carbocycles. The van der Waals surface area contributed by atoms with Gasteiger partial charge in [0.1, 0.15) is 12.4 Å². The SMILES string of the molecule is COCCOc1ccc(Cl)cc1C(=O)NC1CCCc2cc(N)ccc21.Cl. The lowest BCUT2D eigenvalue weighted by molar-refractivity contribution is 0.0925. The van der Waals surface area contributed by atoms with Crippen molar-refractivity contribution in [1.29, 1.82) is 0 Å². The molecule has 2 aromatic carbocycles. The number of carbonyl (C=O) groups excluding carboxylic acids is 1. The molecule has 0 saturated carbocycles. The van der Waals surface area contributed by atoms with Gasteiger partial charge >= 0.3 is 0 Å². The maximum Gasteiger partial charge on any atom is 0.255 e. The second-order valence-corrected chi connectivity index (χ2v) is 6.79. The molecule has 7 heteroatoms. The van der Waals surface area contributed by atoms with Gasteiger partial charge < -0.3 is 20.5 Å². The summed E-state index contributed by atoms with van der Waals surface area (Å²) in [7, 11) is 1.60. The minimum atomic E-state index is -0.199. The van der Waals surface area contributed by atoms with Crippen LogP contribution in [-0.2, 0) is 11.2 Å². The quantitative estimate of drug-likeness (QED) is 0.553. The van der Waals surface area contributed by atoms with Crippen molar-refractivity contribution >= 4 is 35.6 Å². The summed E-state index contributed by atoms with van der Waals surface area (Å²) in [5.74, 6) is 0.298. The fourth-order valence-corrected chi connectivity index (χ4v) is 3.43. The van der Waals surface area contributed by atoms with Gasteiger partial charge in [-0.05, 0) is 60.7 Å². The summed E-state index contributed by atoms with van der Waals surface area (Å²) in [4.78, 5) is 12.9. The number of nitrogen functional groups attached to an aromatic ring is 1. The van der Waals surface area contributed by atoms with Crippen molar-refractivity contribution in [3.8, 4) is 5.75 Å². The molecule has 5 nitrogen and oxygen atoms in total. The van der Waals surface area contributed by atoms with Crippen LogP contribution in [0.1, 0.15) is 40.4 Å². The Balaban J connectivity index is 0.00000261. The predicted octanol–water partition coefficient (Wildman–Crippen LogP) is 4.18. The minimum Gasteiger partial charge on any atom is -0.490 e. The number of methoxy groups -OCH3 is 1. The summed E-state index contributed by atoms with van der Waals surface area (Å²) < 4.78 is 10.7. The minimum absolute atomic E-state index is 0. The van der Waals surface area contributed by atoms with E-state index in [1.165, 1.54) is 5.56 Å². The molecular formula is C20H24Cl2N2O3. The van der Waals surface area contributed by atoms with Crippen molar-refractivity contribution in [2.45, 2.75) is 25.3 Å². The van der Waals surface area contributed by atoms with Gasteiger partial charge in [0.05, 0.1) is 18.2 Å². The Kier molecular flexibility index (Phi) is 7.78. The van der Waals surface area contributed by atoms with Gasteiger partial charge in [0.2, 0.25) is 0 Å². The molecular weight excluding hydrogens is 387 g/mol. The fraction of sp³-hybridized carbons (Fsp3) is 0.350. The summed E-state index contributed by atoms with van der Waals surface area (Å²) in [5, 5.41) is 3.61. The van der Waals surface area contributed by atoms with Gasteiger partial charge in [0.15, 0.2) is 0 Å². The first-order chi connectivity index (χ1) is 12.6. The molecule has 1 unspecified atom stereocenters. The first-order valence-electron chi connectivity index (χ1n) is 8.69. The van der Waals surface area contributed by atoms with Gasteiger partial charge in [-0.15, -0.1) is 12.4 Å². The average Bonchev–Trinajstić information content (AvgIpc) is 2.63. The van der Waals surface area contributed by atoms with E-state index in [9.17, 15) is 4.79 Å². The van der Waals surface area contributed by atoms with E-state index < -0.39 is 0 Å². The second kappa shape index (κ2) is 9.83. The molecule has 2 aromatic rings. The highest BCUT2D eigenvalue weighted by Crippen LogP contribution is 2.32. The molecule has 3 rings (SSSR count). The van der Waals surface area contributed by atoms with E-state index >= 15 is 0 Å². The lowest BCUT2D eigenvalue weighted by Crippen LogP contribution is -2.31. The summed E-state index contributed by atoms with van der Waals surface area (Å²) >= 11 is 6.09. The summed E-state index contributed by atoms with van der Waals surface area (Å²) in [5.41, 5.74) is 9.39. The first kappa shape index (κ1) is 21.4. The van der Waals surface area contributed by atoms with Crippen molar-refractivity contribution in [3.63, 3.8) is 0 Å². The normalized spacial score (nSPS) is 15.4. The predicted molar refractivity (Wildman–Crippen MR) is 110 cm³/mol. The Morgan fingerprint density at radius 1 is 1.26 bits per heavy atom. The Bertz CT molecular complexity index is 799. The van der Waals surface area contributed by atoms with Crippen LogP contribution in [0.15, 0.2) is 36.4 Å². The number of carbonyl (C=O) groups is 1.